The number of carbonyl (C=O) groups is 1. The highest BCUT2D eigenvalue weighted by atomic mass is 32.2. The summed E-state index contributed by atoms with van der Waals surface area (Å²) in [7, 11) is -2.23. The highest BCUT2D eigenvalue weighted by Gasteiger charge is 2.60. The lowest BCUT2D eigenvalue weighted by Gasteiger charge is -2.05. The smallest absolute Gasteiger partial charge is 0.267 e. The summed E-state index contributed by atoms with van der Waals surface area (Å²) < 4.78 is 27.8. The van der Waals surface area contributed by atoms with Gasteiger partial charge in [0.1, 0.15) is 4.90 Å². The van der Waals surface area contributed by atoms with Crippen LogP contribution in [0, 0.1) is 17.3 Å². The van der Waals surface area contributed by atoms with E-state index in [4.69, 9.17) is 0 Å². The normalized spacial score (nSPS) is 23.5. The number of aromatic nitrogens is 2. The molecule has 1 N–H and O–H groups in total. The maximum Gasteiger partial charge on any atom is 0.267 e. The fourth-order valence-corrected chi connectivity index (χ4v) is 3.63. The lowest BCUT2D eigenvalue weighted by Crippen LogP contribution is -2.32. The van der Waals surface area contributed by atoms with Gasteiger partial charge in [0.05, 0.1) is 12.1 Å². The Morgan fingerprint density at radius 1 is 1.43 bits per heavy atom. The van der Waals surface area contributed by atoms with Crippen LogP contribution < -0.4 is 4.72 Å². The first-order chi connectivity index (χ1) is 9.55. The number of nitrogens with zero attached hydrogens (tertiary/aromatic N) is 2. The lowest BCUT2D eigenvalue weighted by atomic mass is 10.1. The van der Waals surface area contributed by atoms with Crippen molar-refractivity contribution in [1.29, 1.82) is 0 Å². The van der Waals surface area contributed by atoms with Gasteiger partial charge >= 0.3 is 0 Å². The first kappa shape index (κ1) is 15.8. The van der Waals surface area contributed by atoms with Gasteiger partial charge in [0.2, 0.25) is 5.91 Å². The van der Waals surface area contributed by atoms with Crippen molar-refractivity contribution in [1.82, 2.24) is 14.5 Å². The SMILES string of the molecule is CC(C)=C[C@@H]1[C@H](C(=O)NS(=O)(=O)c2cnn(C)c2)C1(C)C. The van der Waals surface area contributed by atoms with Crippen LogP contribution in [0.1, 0.15) is 27.7 Å². The molecule has 21 heavy (non-hydrogen) atoms. The summed E-state index contributed by atoms with van der Waals surface area (Å²) in [6, 6.07) is 0. The summed E-state index contributed by atoms with van der Waals surface area (Å²) in [6.45, 7) is 7.88. The molecule has 0 unspecified atom stereocenters. The number of sulfonamides is 1. The van der Waals surface area contributed by atoms with Crippen LogP contribution >= 0.6 is 0 Å². The largest absolute Gasteiger partial charge is 0.274 e. The number of carbonyl (C=O) groups excluding carboxylic acids is 1. The number of amides is 1. The van der Waals surface area contributed by atoms with Crippen LogP contribution in [0.2, 0.25) is 0 Å². The van der Waals surface area contributed by atoms with E-state index in [1.165, 1.54) is 17.1 Å². The van der Waals surface area contributed by atoms with Gasteiger partial charge in [-0.25, -0.2) is 13.1 Å². The predicted octanol–water partition coefficient (Wildman–Crippen LogP) is 1.46. The maximum absolute atomic E-state index is 12.3. The molecule has 1 aliphatic carbocycles. The van der Waals surface area contributed by atoms with E-state index >= 15 is 0 Å². The average Bonchev–Trinajstić information content (AvgIpc) is 2.69. The molecule has 6 nitrogen and oxygen atoms in total. The molecule has 7 heteroatoms. The van der Waals surface area contributed by atoms with Crippen LogP contribution in [-0.2, 0) is 21.9 Å². The van der Waals surface area contributed by atoms with Gasteiger partial charge in [-0.05, 0) is 25.2 Å². The van der Waals surface area contributed by atoms with Gasteiger partial charge in [-0.15, -0.1) is 0 Å². The summed E-state index contributed by atoms with van der Waals surface area (Å²) in [5, 5.41) is 3.81. The summed E-state index contributed by atoms with van der Waals surface area (Å²) in [6.07, 6.45) is 4.61. The number of hydrogen-bond acceptors (Lipinski definition) is 4. The monoisotopic (exact) mass is 311 g/mol. The number of hydrogen-bond donors (Lipinski definition) is 1. The molecule has 1 aliphatic rings. The molecule has 0 aliphatic heterocycles. The van der Waals surface area contributed by atoms with E-state index in [-0.39, 0.29) is 22.1 Å². The Morgan fingerprint density at radius 2 is 2.05 bits per heavy atom. The third kappa shape index (κ3) is 3.02. The topological polar surface area (TPSA) is 81.1 Å². The Morgan fingerprint density at radius 3 is 2.52 bits per heavy atom. The third-order valence-corrected chi connectivity index (χ3v) is 5.23. The van der Waals surface area contributed by atoms with Crippen LogP contribution in [0.4, 0.5) is 0 Å². The van der Waals surface area contributed by atoms with Gasteiger partial charge in [0, 0.05) is 13.2 Å². The molecular weight excluding hydrogens is 290 g/mol. The highest BCUT2D eigenvalue weighted by molar-refractivity contribution is 7.90. The molecule has 1 aromatic rings. The maximum atomic E-state index is 12.3. The number of rotatable bonds is 4. The van der Waals surface area contributed by atoms with Crippen molar-refractivity contribution < 1.29 is 13.2 Å². The summed E-state index contributed by atoms with van der Waals surface area (Å²) in [4.78, 5) is 12.3. The van der Waals surface area contributed by atoms with Crippen LogP contribution in [0.5, 0.6) is 0 Å². The predicted molar refractivity (Wildman–Crippen MR) is 78.7 cm³/mol. The highest BCUT2D eigenvalue weighted by Crippen LogP contribution is 2.59. The lowest BCUT2D eigenvalue weighted by molar-refractivity contribution is -0.121. The Bertz CT molecular complexity index is 697. The van der Waals surface area contributed by atoms with Crippen molar-refractivity contribution in [3.8, 4) is 0 Å². The van der Waals surface area contributed by atoms with E-state index in [2.05, 4.69) is 9.82 Å². The molecule has 2 rings (SSSR count). The zero-order chi connectivity index (χ0) is 16.0. The van der Waals surface area contributed by atoms with E-state index in [1.54, 1.807) is 7.05 Å². The molecule has 1 fully saturated rings. The Kier molecular flexibility index (Phi) is 3.73. The van der Waals surface area contributed by atoms with Crippen molar-refractivity contribution in [2.24, 2.45) is 24.3 Å². The molecule has 0 saturated heterocycles. The number of aryl methyl sites for hydroxylation is 1. The minimum atomic E-state index is -3.85. The second-order valence-electron chi connectivity index (χ2n) is 6.39. The standard InChI is InChI=1S/C14H21N3O3S/c1-9(2)6-11-12(14(11,3)4)13(18)16-21(19,20)10-7-15-17(5)8-10/h6-8,11-12H,1-5H3,(H,16,18)/t11-,12-/m1/s1. The molecule has 1 heterocycles. The third-order valence-electron chi connectivity index (χ3n) is 3.93. The van der Waals surface area contributed by atoms with Gasteiger partial charge in [-0.3, -0.25) is 9.48 Å². The molecule has 0 radical (unpaired) electrons. The number of allylic oxidation sites excluding steroid dienone is 2. The Balaban J connectivity index is 2.14. The number of nitrogens with one attached hydrogen (secondary N) is 1. The van der Waals surface area contributed by atoms with E-state index in [0.29, 0.717) is 0 Å². The quantitative estimate of drug-likeness (QED) is 0.854. The summed E-state index contributed by atoms with van der Waals surface area (Å²) in [5.41, 5.74) is 0.907. The van der Waals surface area contributed by atoms with E-state index in [9.17, 15) is 13.2 Å². The van der Waals surface area contributed by atoms with Gasteiger partial charge in [-0.1, -0.05) is 25.5 Å². The molecule has 0 spiro atoms. The Labute approximate surface area is 125 Å². The van der Waals surface area contributed by atoms with E-state index < -0.39 is 15.9 Å². The molecular formula is C14H21N3O3S. The molecule has 1 aromatic heterocycles. The molecule has 0 aromatic carbocycles. The molecule has 2 atom stereocenters. The molecule has 1 saturated carbocycles. The summed E-state index contributed by atoms with van der Waals surface area (Å²) in [5.74, 6) is -0.697. The molecule has 116 valence electrons. The summed E-state index contributed by atoms with van der Waals surface area (Å²) >= 11 is 0. The van der Waals surface area contributed by atoms with Crippen LogP contribution in [-0.4, -0.2) is 24.1 Å². The zero-order valence-corrected chi connectivity index (χ0v) is 13.7. The minimum absolute atomic E-state index is 0.00410. The van der Waals surface area contributed by atoms with Gasteiger partial charge in [0.15, 0.2) is 0 Å². The fourth-order valence-electron chi connectivity index (χ4n) is 2.64. The van der Waals surface area contributed by atoms with Gasteiger partial charge < -0.3 is 0 Å². The average molecular weight is 311 g/mol. The van der Waals surface area contributed by atoms with Crippen LogP contribution in [0.25, 0.3) is 0 Å². The first-order valence-electron chi connectivity index (χ1n) is 6.76. The van der Waals surface area contributed by atoms with Gasteiger partial charge in [-0.2, -0.15) is 5.10 Å². The fraction of sp³-hybridized carbons (Fsp3) is 0.571. The van der Waals surface area contributed by atoms with Crippen molar-refractivity contribution in [2.45, 2.75) is 32.6 Å². The van der Waals surface area contributed by atoms with Crippen molar-refractivity contribution in [2.75, 3.05) is 0 Å². The molecule has 0 bridgehead atoms. The van der Waals surface area contributed by atoms with Crippen molar-refractivity contribution in [3.63, 3.8) is 0 Å². The minimum Gasteiger partial charge on any atom is -0.274 e. The zero-order valence-electron chi connectivity index (χ0n) is 12.9. The Hall–Kier alpha value is -1.63. The van der Waals surface area contributed by atoms with E-state index in [0.717, 1.165) is 5.57 Å². The second-order valence-corrected chi connectivity index (χ2v) is 8.07. The van der Waals surface area contributed by atoms with Crippen molar-refractivity contribution >= 4 is 15.9 Å². The van der Waals surface area contributed by atoms with Gasteiger partial charge in [0.25, 0.3) is 10.0 Å². The second kappa shape index (κ2) is 4.98. The van der Waals surface area contributed by atoms with E-state index in [1.807, 2.05) is 33.8 Å². The molecule has 1 amide bonds. The van der Waals surface area contributed by atoms with Crippen LogP contribution in [0.15, 0.2) is 28.9 Å². The van der Waals surface area contributed by atoms with Crippen molar-refractivity contribution in [3.05, 3.63) is 24.0 Å². The first-order valence-corrected chi connectivity index (χ1v) is 8.24. The van der Waals surface area contributed by atoms with Crippen LogP contribution in [0.3, 0.4) is 0 Å².